The van der Waals surface area contributed by atoms with Crippen molar-refractivity contribution in [1.82, 2.24) is 10.6 Å². The van der Waals surface area contributed by atoms with E-state index in [0.717, 1.165) is 11.3 Å². The number of benzene rings is 1. The molecule has 2 rings (SSSR count). The Morgan fingerprint density at radius 3 is 2.39 bits per heavy atom. The molecule has 0 radical (unpaired) electrons. The average molecular weight is 245 g/mol. The minimum Gasteiger partial charge on any atom is -0.494 e. The Morgan fingerprint density at radius 2 is 1.83 bits per heavy atom. The summed E-state index contributed by atoms with van der Waals surface area (Å²) in [6, 6.07) is 7.42. The number of rotatable bonds is 2. The molecular formula is C13H15N3O2. The molecule has 1 aromatic carbocycles. The van der Waals surface area contributed by atoms with E-state index < -0.39 is 6.03 Å². The Hall–Kier alpha value is -2.43. The Kier molecular flexibility index (Phi) is 3.23. The molecule has 0 atom stereocenters. The number of carbonyl (C=O) groups is 1. The lowest BCUT2D eigenvalue weighted by atomic mass is 10.1. The number of nitrogens with zero attached hydrogens (tertiary/aromatic N) is 1. The fourth-order valence-electron chi connectivity index (χ4n) is 1.62. The molecule has 0 bridgehead atoms. The van der Waals surface area contributed by atoms with Crippen molar-refractivity contribution in [2.45, 2.75) is 0 Å². The zero-order valence-electron chi connectivity index (χ0n) is 10.3. The molecule has 94 valence electrons. The van der Waals surface area contributed by atoms with Crippen molar-refractivity contribution < 1.29 is 9.90 Å². The molecule has 0 fully saturated rings. The molecule has 0 saturated carbocycles. The van der Waals surface area contributed by atoms with Gasteiger partial charge in [-0.25, -0.2) is 4.79 Å². The van der Waals surface area contributed by atoms with Crippen LogP contribution in [0.5, 0.6) is 0 Å². The van der Waals surface area contributed by atoms with Gasteiger partial charge in [-0.15, -0.1) is 0 Å². The molecule has 1 aromatic rings. The van der Waals surface area contributed by atoms with E-state index in [4.69, 9.17) is 0 Å². The maximum atomic E-state index is 11.1. The highest BCUT2D eigenvalue weighted by molar-refractivity contribution is 5.81. The van der Waals surface area contributed by atoms with Gasteiger partial charge in [-0.05, 0) is 23.8 Å². The highest BCUT2D eigenvalue weighted by Crippen LogP contribution is 2.15. The van der Waals surface area contributed by atoms with E-state index in [1.807, 2.05) is 43.3 Å². The minimum absolute atomic E-state index is 0.157. The average Bonchev–Trinajstić information content (AvgIpc) is 2.28. The van der Waals surface area contributed by atoms with E-state index in [2.05, 4.69) is 10.6 Å². The van der Waals surface area contributed by atoms with Crippen molar-refractivity contribution in [3.63, 3.8) is 0 Å². The highest BCUT2D eigenvalue weighted by atomic mass is 16.3. The lowest BCUT2D eigenvalue weighted by molar-refractivity contribution is 0.237. The molecular weight excluding hydrogens is 230 g/mol. The van der Waals surface area contributed by atoms with E-state index in [1.165, 1.54) is 6.08 Å². The van der Waals surface area contributed by atoms with Gasteiger partial charge in [-0.1, -0.05) is 12.1 Å². The second-order valence-corrected chi connectivity index (χ2v) is 4.19. The van der Waals surface area contributed by atoms with E-state index in [1.54, 1.807) is 6.08 Å². The summed E-state index contributed by atoms with van der Waals surface area (Å²) < 4.78 is 0. The maximum Gasteiger partial charge on any atom is 0.326 e. The van der Waals surface area contributed by atoms with Crippen LogP contribution < -0.4 is 15.5 Å². The molecule has 5 nitrogen and oxygen atoms in total. The molecule has 1 heterocycles. The fourth-order valence-corrected chi connectivity index (χ4v) is 1.62. The monoisotopic (exact) mass is 245 g/mol. The fraction of sp³-hybridized carbons (Fsp3) is 0.154. The second-order valence-electron chi connectivity index (χ2n) is 4.19. The van der Waals surface area contributed by atoms with E-state index in [-0.39, 0.29) is 5.88 Å². The van der Waals surface area contributed by atoms with Crippen LogP contribution in [0.2, 0.25) is 0 Å². The molecule has 0 aromatic heterocycles. The van der Waals surface area contributed by atoms with Gasteiger partial charge in [0, 0.05) is 31.6 Å². The van der Waals surface area contributed by atoms with Gasteiger partial charge in [0.2, 0.25) is 0 Å². The molecule has 0 spiro atoms. The molecule has 1 aliphatic heterocycles. The summed E-state index contributed by atoms with van der Waals surface area (Å²) in [6.45, 7) is 0. The number of aliphatic hydroxyl groups excluding tert-OH is 1. The number of urea groups is 1. The standard InChI is InChI=1S/C13H15N3O2/c1-16(2)11-5-3-9(4-6-11)7-10-8-12(17)15-13(18)14-10/h3-8,17H,1-2H3,(H2,14,15,18)/b10-7+. The van der Waals surface area contributed by atoms with Gasteiger partial charge in [0.15, 0.2) is 5.88 Å². The largest absolute Gasteiger partial charge is 0.494 e. The smallest absolute Gasteiger partial charge is 0.326 e. The van der Waals surface area contributed by atoms with Gasteiger partial charge in [0.05, 0.1) is 0 Å². The molecule has 0 aliphatic carbocycles. The Balaban J connectivity index is 2.22. The number of hydrogen-bond acceptors (Lipinski definition) is 3. The van der Waals surface area contributed by atoms with E-state index in [0.29, 0.717) is 5.70 Å². The molecule has 2 amide bonds. The molecule has 0 saturated heterocycles. The molecule has 1 aliphatic rings. The van der Waals surface area contributed by atoms with Crippen LogP contribution in [0.4, 0.5) is 10.5 Å². The van der Waals surface area contributed by atoms with Crippen molar-refractivity contribution >= 4 is 17.8 Å². The van der Waals surface area contributed by atoms with E-state index >= 15 is 0 Å². The maximum absolute atomic E-state index is 11.1. The SMILES string of the molecule is CN(C)c1ccc(/C=C2\C=C(O)NC(=O)N2)cc1. The third-order valence-corrected chi connectivity index (χ3v) is 2.52. The summed E-state index contributed by atoms with van der Waals surface area (Å²) in [7, 11) is 3.95. The van der Waals surface area contributed by atoms with Crippen molar-refractivity contribution in [3.05, 3.63) is 47.5 Å². The summed E-state index contributed by atoms with van der Waals surface area (Å²) in [5.74, 6) is -0.157. The zero-order valence-corrected chi connectivity index (χ0v) is 10.3. The van der Waals surface area contributed by atoms with Crippen LogP contribution in [0, 0.1) is 0 Å². The Morgan fingerprint density at radius 1 is 1.17 bits per heavy atom. The van der Waals surface area contributed by atoms with Gasteiger partial charge in [-0.3, -0.25) is 5.32 Å². The molecule has 18 heavy (non-hydrogen) atoms. The first-order valence-corrected chi connectivity index (χ1v) is 5.52. The van der Waals surface area contributed by atoms with Gasteiger partial charge in [0.25, 0.3) is 0 Å². The number of hydrogen-bond donors (Lipinski definition) is 3. The zero-order chi connectivity index (χ0) is 13.1. The number of carbonyl (C=O) groups excluding carboxylic acids is 1. The van der Waals surface area contributed by atoms with Crippen LogP contribution in [0.3, 0.4) is 0 Å². The van der Waals surface area contributed by atoms with Crippen LogP contribution in [0.1, 0.15) is 5.56 Å². The third kappa shape index (κ3) is 2.82. The van der Waals surface area contributed by atoms with Crippen molar-refractivity contribution in [2.24, 2.45) is 0 Å². The normalized spacial score (nSPS) is 16.9. The second kappa shape index (κ2) is 4.83. The van der Waals surface area contributed by atoms with Gasteiger partial charge in [-0.2, -0.15) is 0 Å². The predicted molar refractivity (Wildman–Crippen MR) is 71.1 cm³/mol. The van der Waals surface area contributed by atoms with Crippen LogP contribution >= 0.6 is 0 Å². The molecule has 5 heteroatoms. The quantitative estimate of drug-likeness (QED) is 0.744. The highest BCUT2D eigenvalue weighted by Gasteiger charge is 2.11. The van der Waals surface area contributed by atoms with Crippen molar-refractivity contribution in [3.8, 4) is 0 Å². The topological polar surface area (TPSA) is 64.6 Å². The summed E-state index contributed by atoms with van der Waals surface area (Å²) >= 11 is 0. The first kappa shape index (κ1) is 12.0. The first-order valence-electron chi connectivity index (χ1n) is 5.52. The summed E-state index contributed by atoms with van der Waals surface area (Å²) in [5, 5.41) is 14.1. The van der Waals surface area contributed by atoms with Crippen LogP contribution in [-0.2, 0) is 0 Å². The van der Waals surface area contributed by atoms with Crippen LogP contribution in [0.25, 0.3) is 6.08 Å². The van der Waals surface area contributed by atoms with Crippen LogP contribution in [-0.4, -0.2) is 25.2 Å². The predicted octanol–water partition coefficient (Wildman–Crippen LogP) is 1.81. The number of anilines is 1. The van der Waals surface area contributed by atoms with Gasteiger partial charge < -0.3 is 15.3 Å². The Bertz CT molecular complexity index is 516. The van der Waals surface area contributed by atoms with Crippen molar-refractivity contribution in [1.29, 1.82) is 0 Å². The van der Waals surface area contributed by atoms with Crippen molar-refractivity contribution in [2.75, 3.05) is 19.0 Å². The third-order valence-electron chi connectivity index (χ3n) is 2.52. The Labute approximate surface area is 105 Å². The van der Waals surface area contributed by atoms with E-state index in [9.17, 15) is 9.90 Å². The summed E-state index contributed by atoms with van der Waals surface area (Å²) in [5.41, 5.74) is 2.60. The number of allylic oxidation sites excluding steroid dienone is 1. The molecule has 0 unspecified atom stereocenters. The first-order chi connectivity index (χ1) is 8.54. The lowest BCUT2D eigenvalue weighted by Crippen LogP contribution is -2.37. The van der Waals surface area contributed by atoms with Crippen LogP contribution in [0.15, 0.2) is 41.9 Å². The summed E-state index contributed by atoms with van der Waals surface area (Å²) in [4.78, 5) is 13.2. The van der Waals surface area contributed by atoms with Gasteiger partial charge in [0.1, 0.15) is 0 Å². The number of amides is 2. The minimum atomic E-state index is -0.439. The number of aliphatic hydroxyl groups is 1. The van der Waals surface area contributed by atoms with Gasteiger partial charge >= 0.3 is 6.03 Å². The molecule has 3 N–H and O–H groups in total. The number of nitrogens with one attached hydrogen (secondary N) is 2. The summed E-state index contributed by atoms with van der Waals surface area (Å²) in [6.07, 6.45) is 3.25. The lowest BCUT2D eigenvalue weighted by Gasteiger charge is -2.14.